The number of carbonyl (C=O) groups excluding carboxylic acids is 2. The number of fused-ring (bicyclic) bond motifs is 1. The molecule has 7 heteroatoms. The van der Waals surface area contributed by atoms with E-state index in [-0.39, 0.29) is 31.2 Å². The van der Waals surface area contributed by atoms with E-state index in [2.05, 4.69) is 43.9 Å². The third kappa shape index (κ3) is 7.20. The van der Waals surface area contributed by atoms with Crippen molar-refractivity contribution in [3.8, 4) is 11.1 Å². The van der Waals surface area contributed by atoms with Crippen molar-refractivity contribution in [1.29, 1.82) is 0 Å². The van der Waals surface area contributed by atoms with E-state index in [4.69, 9.17) is 14.5 Å². The number of anilines is 1. The number of nitrogens with zero attached hydrogens (tertiary/aromatic N) is 3. The third-order valence-electron chi connectivity index (χ3n) is 8.75. The van der Waals surface area contributed by atoms with Gasteiger partial charge in [-0.1, -0.05) is 62.4 Å². The van der Waals surface area contributed by atoms with Crippen molar-refractivity contribution in [3.63, 3.8) is 0 Å². The first-order chi connectivity index (χ1) is 20.5. The average Bonchev–Trinajstić information content (AvgIpc) is 2.97. The molecule has 0 N–H and O–H groups in total. The van der Waals surface area contributed by atoms with Crippen molar-refractivity contribution >= 4 is 17.7 Å². The van der Waals surface area contributed by atoms with E-state index in [0.717, 1.165) is 77.2 Å². The Morgan fingerprint density at radius 3 is 2.37 bits per heavy atom. The van der Waals surface area contributed by atoms with Gasteiger partial charge >= 0.3 is 12.1 Å². The van der Waals surface area contributed by atoms with Gasteiger partial charge in [0.25, 0.3) is 0 Å². The second kappa shape index (κ2) is 12.8. The monoisotopic (exact) mass is 583 g/mol. The molecule has 3 aromatic rings. The van der Waals surface area contributed by atoms with Crippen LogP contribution < -0.4 is 4.90 Å². The fourth-order valence-electron chi connectivity index (χ4n) is 6.23. The minimum atomic E-state index is -0.287. The Morgan fingerprint density at radius 1 is 0.953 bits per heavy atom. The SMILES string of the molecule is Cc1nc(C)c(-c2ccc3c(c2)CCN(C(=O)OCc2ccccc2)C3)c(N2CCC(C)(C)CC2)c1CC(=O)OC(C)C. The van der Waals surface area contributed by atoms with Gasteiger partial charge in [-0.05, 0) is 74.6 Å². The molecule has 1 fully saturated rings. The van der Waals surface area contributed by atoms with E-state index in [9.17, 15) is 9.59 Å². The highest BCUT2D eigenvalue weighted by molar-refractivity contribution is 5.87. The quantitative estimate of drug-likeness (QED) is 0.274. The van der Waals surface area contributed by atoms with Crippen molar-refractivity contribution in [2.75, 3.05) is 24.5 Å². The summed E-state index contributed by atoms with van der Waals surface area (Å²) < 4.78 is 11.2. The number of aryl methyl sites for hydroxylation is 2. The first kappa shape index (κ1) is 30.6. The molecule has 7 nitrogen and oxygen atoms in total. The Bertz CT molecular complexity index is 1470. The Morgan fingerprint density at radius 2 is 1.67 bits per heavy atom. The number of esters is 1. The zero-order valence-corrected chi connectivity index (χ0v) is 26.5. The normalized spacial score (nSPS) is 16.2. The standard InChI is InChI=1S/C36H45N3O4/c1-24(2)43-32(40)21-31-25(3)37-26(4)33(34(31)38-18-15-36(5,6)16-19-38)29-12-13-30-22-39(17-14-28(30)20-29)35(41)42-23-27-10-8-7-9-11-27/h7-13,20,24H,14-19,21-23H2,1-6H3. The maximum absolute atomic E-state index is 12.9. The average molecular weight is 584 g/mol. The van der Waals surface area contributed by atoms with E-state index in [1.807, 2.05) is 51.1 Å². The number of hydrogen-bond acceptors (Lipinski definition) is 6. The summed E-state index contributed by atoms with van der Waals surface area (Å²) in [6.07, 6.45) is 2.67. The Labute approximate surface area is 256 Å². The van der Waals surface area contributed by atoms with Crippen molar-refractivity contribution < 1.29 is 19.1 Å². The summed E-state index contributed by atoms with van der Waals surface area (Å²) in [5.74, 6) is -0.224. The first-order valence-corrected chi connectivity index (χ1v) is 15.5. The van der Waals surface area contributed by atoms with E-state index in [0.29, 0.717) is 18.5 Å². The van der Waals surface area contributed by atoms with Gasteiger partial charge in [0, 0.05) is 48.7 Å². The minimum Gasteiger partial charge on any atom is -0.463 e. The molecule has 2 aliphatic rings. The summed E-state index contributed by atoms with van der Waals surface area (Å²) in [6, 6.07) is 16.3. The molecule has 43 heavy (non-hydrogen) atoms. The molecular weight excluding hydrogens is 538 g/mol. The molecular formula is C36H45N3O4. The smallest absolute Gasteiger partial charge is 0.410 e. The zero-order valence-electron chi connectivity index (χ0n) is 26.5. The molecule has 0 atom stereocenters. The maximum atomic E-state index is 12.9. The molecule has 0 spiro atoms. The molecule has 0 radical (unpaired) electrons. The highest BCUT2D eigenvalue weighted by atomic mass is 16.6. The molecule has 2 aliphatic heterocycles. The molecule has 1 saturated heterocycles. The molecule has 0 aliphatic carbocycles. The molecule has 0 bridgehead atoms. The fraction of sp³-hybridized carbons (Fsp3) is 0.472. The Kier molecular flexibility index (Phi) is 9.09. The van der Waals surface area contributed by atoms with Crippen LogP contribution >= 0.6 is 0 Å². The van der Waals surface area contributed by atoms with Gasteiger partial charge < -0.3 is 19.3 Å². The van der Waals surface area contributed by atoms with E-state index in [1.165, 1.54) is 5.56 Å². The predicted molar refractivity (Wildman–Crippen MR) is 170 cm³/mol. The van der Waals surface area contributed by atoms with Crippen LogP contribution in [0, 0.1) is 19.3 Å². The number of aromatic nitrogens is 1. The lowest BCUT2D eigenvalue weighted by Crippen LogP contribution is -2.38. The maximum Gasteiger partial charge on any atom is 0.410 e. The second-order valence-corrected chi connectivity index (χ2v) is 13.0. The molecule has 0 saturated carbocycles. The fourth-order valence-corrected chi connectivity index (χ4v) is 6.23. The third-order valence-corrected chi connectivity index (χ3v) is 8.75. The van der Waals surface area contributed by atoms with Crippen LogP contribution in [0.25, 0.3) is 11.1 Å². The molecule has 2 aromatic carbocycles. The van der Waals surface area contributed by atoms with Crippen molar-refractivity contribution in [1.82, 2.24) is 9.88 Å². The molecule has 228 valence electrons. The second-order valence-electron chi connectivity index (χ2n) is 13.0. The Hall–Kier alpha value is -3.87. The predicted octanol–water partition coefficient (Wildman–Crippen LogP) is 7.18. The van der Waals surface area contributed by atoms with Gasteiger partial charge in [0.2, 0.25) is 0 Å². The largest absolute Gasteiger partial charge is 0.463 e. The number of benzene rings is 2. The lowest BCUT2D eigenvalue weighted by Gasteiger charge is -2.40. The van der Waals surface area contributed by atoms with Crippen LogP contribution in [0.15, 0.2) is 48.5 Å². The molecule has 3 heterocycles. The first-order valence-electron chi connectivity index (χ1n) is 15.5. The number of carbonyl (C=O) groups is 2. The van der Waals surface area contributed by atoms with Gasteiger partial charge in [-0.3, -0.25) is 9.78 Å². The lowest BCUT2D eigenvalue weighted by molar-refractivity contribution is -0.146. The van der Waals surface area contributed by atoms with E-state index >= 15 is 0 Å². The van der Waals surface area contributed by atoms with Gasteiger partial charge in [-0.2, -0.15) is 0 Å². The lowest BCUT2D eigenvalue weighted by atomic mass is 9.82. The number of hydrogen-bond donors (Lipinski definition) is 0. The van der Waals surface area contributed by atoms with Crippen LogP contribution in [0.3, 0.4) is 0 Å². The van der Waals surface area contributed by atoms with Gasteiger partial charge in [-0.25, -0.2) is 4.79 Å². The number of amides is 1. The minimum absolute atomic E-state index is 0.166. The summed E-state index contributed by atoms with van der Waals surface area (Å²) in [7, 11) is 0. The Balaban J connectivity index is 1.44. The number of rotatable bonds is 7. The molecule has 1 amide bonds. The van der Waals surface area contributed by atoms with Gasteiger partial charge in [0.1, 0.15) is 6.61 Å². The van der Waals surface area contributed by atoms with Crippen LogP contribution in [0.2, 0.25) is 0 Å². The highest BCUT2D eigenvalue weighted by Gasteiger charge is 2.31. The van der Waals surface area contributed by atoms with Crippen molar-refractivity contribution in [3.05, 3.63) is 82.2 Å². The van der Waals surface area contributed by atoms with Crippen LogP contribution in [0.1, 0.15) is 74.2 Å². The van der Waals surface area contributed by atoms with Gasteiger partial charge in [0.15, 0.2) is 0 Å². The van der Waals surface area contributed by atoms with Crippen molar-refractivity contribution in [2.45, 2.75) is 86.5 Å². The molecule has 0 unspecified atom stereocenters. The number of pyridine rings is 1. The summed E-state index contributed by atoms with van der Waals surface area (Å²) in [5.41, 5.74) is 9.73. The number of ether oxygens (including phenoxy) is 2. The molecule has 5 rings (SSSR count). The van der Waals surface area contributed by atoms with Crippen LogP contribution in [0.4, 0.5) is 10.5 Å². The summed E-state index contributed by atoms with van der Waals surface area (Å²) in [4.78, 5) is 35.0. The number of piperidine rings is 1. The van der Waals surface area contributed by atoms with E-state index < -0.39 is 0 Å². The van der Waals surface area contributed by atoms with Crippen molar-refractivity contribution in [2.24, 2.45) is 5.41 Å². The molecule has 1 aromatic heterocycles. The topological polar surface area (TPSA) is 72.0 Å². The van der Waals surface area contributed by atoms with Gasteiger partial charge in [0.05, 0.1) is 18.2 Å². The summed E-state index contributed by atoms with van der Waals surface area (Å²) in [6.45, 7) is 15.8. The summed E-state index contributed by atoms with van der Waals surface area (Å²) in [5, 5.41) is 0. The van der Waals surface area contributed by atoms with Crippen LogP contribution in [-0.2, 0) is 40.3 Å². The van der Waals surface area contributed by atoms with E-state index in [1.54, 1.807) is 4.90 Å². The van der Waals surface area contributed by atoms with Crippen LogP contribution in [-0.4, -0.2) is 47.7 Å². The van der Waals surface area contributed by atoms with Crippen LogP contribution in [0.5, 0.6) is 0 Å². The highest BCUT2D eigenvalue weighted by Crippen LogP contribution is 2.42. The zero-order chi connectivity index (χ0) is 30.7. The summed E-state index contributed by atoms with van der Waals surface area (Å²) >= 11 is 0. The van der Waals surface area contributed by atoms with Gasteiger partial charge in [-0.15, -0.1) is 0 Å².